The van der Waals surface area contributed by atoms with Crippen LogP contribution in [-0.2, 0) is 20.9 Å². The van der Waals surface area contributed by atoms with Crippen molar-refractivity contribution in [2.75, 3.05) is 13.7 Å². The van der Waals surface area contributed by atoms with Crippen LogP contribution in [-0.4, -0.2) is 36.9 Å². The van der Waals surface area contributed by atoms with E-state index in [4.69, 9.17) is 9.84 Å². The van der Waals surface area contributed by atoms with Crippen molar-refractivity contribution in [2.45, 2.75) is 12.6 Å². The van der Waals surface area contributed by atoms with Crippen LogP contribution in [0.2, 0.25) is 0 Å². The Hall–Kier alpha value is -2.08. The second-order valence-electron chi connectivity index (χ2n) is 3.53. The summed E-state index contributed by atoms with van der Waals surface area (Å²) >= 11 is 0. The highest BCUT2D eigenvalue weighted by Gasteiger charge is 2.20. The van der Waals surface area contributed by atoms with E-state index in [1.54, 1.807) is 0 Å². The third-order valence-electron chi connectivity index (χ3n) is 2.17. The molecule has 0 saturated carbocycles. The van der Waals surface area contributed by atoms with E-state index in [9.17, 15) is 9.59 Å². The molecule has 0 aliphatic heterocycles. The van der Waals surface area contributed by atoms with Crippen LogP contribution in [0.4, 0.5) is 4.79 Å². The van der Waals surface area contributed by atoms with E-state index in [0.29, 0.717) is 0 Å². The number of amides is 1. The Kier molecular flexibility index (Phi) is 5.66. The number of nitrogens with one attached hydrogen (secondary N) is 1. The predicted octanol–water partition coefficient (Wildman–Crippen LogP) is 1.01. The van der Waals surface area contributed by atoms with Gasteiger partial charge in [-0.05, 0) is 5.56 Å². The van der Waals surface area contributed by atoms with Crippen LogP contribution in [0.15, 0.2) is 30.3 Å². The van der Waals surface area contributed by atoms with Crippen molar-refractivity contribution in [3.63, 3.8) is 0 Å². The third kappa shape index (κ3) is 4.84. The van der Waals surface area contributed by atoms with E-state index >= 15 is 0 Å². The lowest BCUT2D eigenvalue weighted by Crippen LogP contribution is -2.43. The van der Waals surface area contributed by atoms with Gasteiger partial charge in [0.1, 0.15) is 0 Å². The molecule has 0 aliphatic carbocycles. The smallest absolute Gasteiger partial charge is 0.407 e. The van der Waals surface area contributed by atoms with Gasteiger partial charge in [-0.25, -0.2) is 9.59 Å². The lowest BCUT2D eigenvalue weighted by Gasteiger charge is -2.13. The normalized spacial score (nSPS) is 11.6. The Morgan fingerprint density at radius 1 is 1.33 bits per heavy atom. The predicted molar refractivity (Wildman–Crippen MR) is 63.1 cm³/mol. The van der Waals surface area contributed by atoms with Gasteiger partial charge in [-0.3, -0.25) is 0 Å². The first-order valence-electron chi connectivity index (χ1n) is 5.32. The highest BCUT2D eigenvalue weighted by molar-refractivity contribution is 5.79. The number of carbonyl (C=O) groups excluding carboxylic acids is 1. The fraction of sp³-hybridized carbons (Fsp3) is 0.333. The van der Waals surface area contributed by atoms with Gasteiger partial charge < -0.3 is 19.9 Å². The Labute approximate surface area is 105 Å². The molecule has 0 saturated heterocycles. The Morgan fingerprint density at radius 3 is 2.56 bits per heavy atom. The van der Waals surface area contributed by atoms with Crippen molar-refractivity contribution in [2.24, 2.45) is 0 Å². The zero-order chi connectivity index (χ0) is 13.4. The molecule has 6 nitrogen and oxygen atoms in total. The molecule has 0 heterocycles. The molecule has 0 aromatic heterocycles. The van der Waals surface area contributed by atoms with Crippen LogP contribution < -0.4 is 5.32 Å². The molecule has 1 aromatic carbocycles. The average molecular weight is 253 g/mol. The fourth-order valence-corrected chi connectivity index (χ4v) is 1.24. The van der Waals surface area contributed by atoms with E-state index in [1.165, 1.54) is 7.11 Å². The molecule has 1 atom stereocenters. The number of aliphatic carboxylic acids is 1. The molecule has 0 aliphatic rings. The fourth-order valence-electron chi connectivity index (χ4n) is 1.24. The summed E-state index contributed by atoms with van der Waals surface area (Å²) in [6.45, 7) is 0.160. The lowest BCUT2D eigenvalue weighted by atomic mass is 10.2. The van der Waals surface area contributed by atoms with Crippen molar-refractivity contribution in [1.82, 2.24) is 5.32 Å². The molecule has 0 fully saturated rings. The van der Waals surface area contributed by atoms with E-state index in [2.05, 4.69) is 10.1 Å². The first-order valence-corrected chi connectivity index (χ1v) is 5.32. The molecular weight excluding hydrogens is 238 g/mol. The summed E-state index contributed by atoms with van der Waals surface area (Å²) < 4.78 is 9.56. The number of methoxy groups -OCH3 is 1. The summed E-state index contributed by atoms with van der Waals surface area (Å²) in [5.41, 5.74) is 0.930. The van der Waals surface area contributed by atoms with Gasteiger partial charge in [0.2, 0.25) is 0 Å². The highest BCUT2D eigenvalue weighted by Crippen LogP contribution is 2.01. The Balaban J connectivity index is 2.38. The molecular formula is C12H15NO5. The van der Waals surface area contributed by atoms with Crippen LogP contribution in [0.1, 0.15) is 5.56 Å². The zero-order valence-electron chi connectivity index (χ0n) is 9.96. The number of carboxylic acid groups (broad SMARTS) is 1. The quantitative estimate of drug-likeness (QED) is 0.790. The van der Waals surface area contributed by atoms with E-state index in [0.717, 1.165) is 5.56 Å². The van der Waals surface area contributed by atoms with Gasteiger partial charge in [-0.1, -0.05) is 30.3 Å². The molecule has 1 rings (SSSR count). The maximum Gasteiger partial charge on any atom is 0.407 e. The van der Waals surface area contributed by atoms with Gasteiger partial charge in [-0.2, -0.15) is 0 Å². The molecule has 0 spiro atoms. The summed E-state index contributed by atoms with van der Waals surface area (Å²) in [4.78, 5) is 21.8. The monoisotopic (exact) mass is 253 g/mol. The molecule has 2 N–H and O–H groups in total. The number of alkyl carbamates (subject to hydrolysis) is 1. The second-order valence-corrected chi connectivity index (χ2v) is 3.53. The minimum atomic E-state index is -1.17. The third-order valence-corrected chi connectivity index (χ3v) is 2.17. The number of hydrogen-bond acceptors (Lipinski definition) is 4. The van der Waals surface area contributed by atoms with Crippen molar-refractivity contribution >= 4 is 12.1 Å². The molecule has 0 radical (unpaired) electrons. The van der Waals surface area contributed by atoms with Crippen LogP contribution in [0.25, 0.3) is 0 Å². The largest absolute Gasteiger partial charge is 0.480 e. The first kappa shape index (κ1) is 14.0. The molecule has 1 amide bonds. The summed E-state index contributed by atoms with van der Waals surface area (Å²) in [5, 5.41) is 11.0. The molecule has 0 bridgehead atoms. The van der Waals surface area contributed by atoms with E-state index in [-0.39, 0.29) is 13.2 Å². The first-order chi connectivity index (χ1) is 8.63. The molecule has 1 aromatic rings. The van der Waals surface area contributed by atoms with Crippen LogP contribution in [0, 0.1) is 0 Å². The summed E-state index contributed by atoms with van der Waals surface area (Å²) in [6.07, 6.45) is -0.800. The summed E-state index contributed by atoms with van der Waals surface area (Å²) in [6, 6.07) is 8.20. The van der Waals surface area contributed by atoms with E-state index < -0.39 is 18.1 Å². The van der Waals surface area contributed by atoms with E-state index in [1.807, 2.05) is 30.3 Å². The topological polar surface area (TPSA) is 84.9 Å². The van der Waals surface area contributed by atoms with Gasteiger partial charge >= 0.3 is 12.1 Å². The number of ether oxygens (including phenoxy) is 2. The van der Waals surface area contributed by atoms with Gasteiger partial charge in [0.25, 0.3) is 0 Å². The van der Waals surface area contributed by atoms with Crippen LogP contribution in [0.3, 0.4) is 0 Å². The van der Waals surface area contributed by atoms with Gasteiger partial charge in [0, 0.05) is 0 Å². The van der Waals surface area contributed by atoms with Gasteiger partial charge in [-0.15, -0.1) is 0 Å². The maximum atomic E-state index is 10.9. The highest BCUT2D eigenvalue weighted by atomic mass is 16.5. The van der Waals surface area contributed by atoms with Gasteiger partial charge in [0.05, 0.1) is 20.3 Å². The summed E-state index contributed by atoms with van der Waals surface area (Å²) in [7, 11) is 1.17. The number of rotatable bonds is 6. The summed E-state index contributed by atoms with van der Waals surface area (Å²) in [5.74, 6) is -1.17. The Bertz CT molecular complexity index is 393. The average Bonchev–Trinajstić information content (AvgIpc) is 2.38. The second kappa shape index (κ2) is 7.29. The Morgan fingerprint density at radius 2 is 2.00 bits per heavy atom. The van der Waals surface area contributed by atoms with Crippen molar-refractivity contribution in [1.29, 1.82) is 0 Å². The minimum Gasteiger partial charge on any atom is -0.480 e. The van der Waals surface area contributed by atoms with Crippen LogP contribution in [0.5, 0.6) is 0 Å². The van der Waals surface area contributed by atoms with Crippen molar-refractivity contribution < 1.29 is 24.2 Å². The molecule has 0 unspecified atom stereocenters. The lowest BCUT2D eigenvalue weighted by molar-refractivity contribution is -0.141. The number of carbonyl (C=O) groups is 2. The molecule has 98 valence electrons. The maximum absolute atomic E-state index is 10.9. The SMILES string of the molecule is COC(=O)N[C@H](COCc1ccccc1)C(=O)O. The van der Waals surface area contributed by atoms with Crippen molar-refractivity contribution in [3.05, 3.63) is 35.9 Å². The number of benzene rings is 1. The number of carboxylic acids is 1. The standard InChI is InChI=1S/C12H15NO5/c1-17-12(16)13-10(11(14)15)8-18-7-9-5-3-2-4-6-9/h2-6,10H,7-8H2,1H3,(H,13,16)(H,14,15)/t10-/m1/s1. The molecule has 6 heteroatoms. The number of hydrogen-bond donors (Lipinski definition) is 2. The molecule has 18 heavy (non-hydrogen) atoms. The minimum absolute atomic E-state index is 0.126. The van der Waals surface area contributed by atoms with Crippen LogP contribution >= 0.6 is 0 Å². The van der Waals surface area contributed by atoms with Gasteiger partial charge in [0.15, 0.2) is 6.04 Å². The van der Waals surface area contributed by atoms with Crippen molar-refractivity contribution in [3.8, 4) is 0 Å². The zero-order valence-corrected chi connectivity index (χ0v) is 9.96.